The van der Waals surface area contributed by atoms with Crippen molar-refractivity contribution in [2.45, 2.75) is 72.0 Å². The molecule has 0 spiro atoms. The molecule has 1 aliphatic carbocycles. The normalized spacial score (nSPS) is 16.1. The van der Waals surface area contributed by atoms with Crippen LogP contribution in [0.4, 0.5) is 0 Å². The van der Waals surface area contributed by atoms with Gasteiger partial charge in [0.2, 0.25) is 0 Å². The molecule has 0 aliphatic heterocycles. The Hall–Kier alpha value is -1.51. The molecule has 0 unspecified atom stereocenters. The van der Waals surface area contributed by atoms with Crippen LogP contribution in [-0.2, 0) is 0 Å². The molecule has 0 saturated heterocycles. The molecule has 1 aromatic carbocycles. The molecule has 0 aromatic heterocycles. The number of rotatable bonds is 6. The first-order valence-corrected chi connectivity index (χ1v) is 8.49. The van der Waals surface area contributed by atoms with E-state index in [1.54, 1.807) is 0 Å². The lowest BCUT2D eigenvalue weighted by Crippen LogP contribution is -2.20. The largest absolute Gasteiger partial charge is 0.491 e. The van der Waals surface area contributed by atoms with Gasteiger partial charge in [-0.3, -0.25) is 4.79 Å². The highest BCUT2D eigenvalue weighted by Gasteiger charge is 2.25. The standard InChI is InChI=1S/C19H28O3/c1-13(2)21-16-10-11-18(22-14(3)4)17(12-16)19(20)15-8-6-5-7-9-15/h10-15H,5-9H2,1-4H3. The van der Waals surface area contributed by atoms with E-state index in [4.69, 9.17) is 9.47 Å². The van der Waals surface area contributed by atoms with Crippen LogP contribution in [0.5, 0.6) is 11.5 Å². The molecule has 1 aliphatic rings. The maximum atomic E-state index is 12.9. The van der Waals surface area contributed by atoms with Gasteiger partial charge in [-0.15, -0.1) is 0 Å². The van der Waals surface area contributed by atoms with Crippen molar-refractivity contribution in [2.75, 3.05) is 0 Å². The van der Waals surface area contributed by atoms with E-state index in [1.807, 2.05) is 45.9 Å². The first kappa shape index (κ1) is 16.9. The van der Waals surface area contributed by atoms with E-state index in [-0.39, 0.29) is 23.9 Å². The Kier molecular flexibility index (Phi) is 5.87. The van der Waals surface area contributed by atoms with E-state index in [0.717, 1.165) is 31.4 Å². The summed E-state index contributed by atoms with van der Waals surface area (Å²) in [4.78, 5) is 12.9. The number of hydrogen-bond donors (Lipinski definition) is 0. The lowest BCUT2D eigenvalue weighted by molar-refractivity contribution is 0.0882. The molecule has 0 amide bonds. The molecule has 0 heterocycles. The summed E-state index contributed by atoms with van der Waals surface area (Å²) in [6, 6.07) is 5.61. The van der Waals surface area contributed by atoms with Crippen LogP contribution in [-0.4, -0.2) is 18.0 Å². The average Bonchev–Trinajstić information content (AvgIpc) is 2.48. The quantitative estimate of drug-likeness (QED) is 0.692. The fourth-order valence-electron chi connectivity index (χ4n) is 2.99. The van der Waals surface area contributed by atoms with Crippen molar-refractivity contribution in [3.8, 4) is 11.5 Å². The summed E-state index contributed by atoms with van der Waals surface area (Å²) < 4.78 is 11.6. The monoisotopic (exact) mass is 304 g/mol. The van der Waals surface area contributed by atoms with Crippen LogP contribution >= 0.6 is 0 Å². The molecular weight excluding hydrogens is 276 g/mol. The van der Waals surface area contributed by atoms with Gasteiger partial charge in [-0.05, 0) is 58.7 Å². The molecule has 3 heteroatoms. The second-order valence-electron chi connectivity index (χ2n) is 6.69. The minimum absolute atomic E-state index is 0.0507. The predicted octanol–water partition coefficient (Wildman–Crippen LogP) is 5.02. The Labute approximate surface area is 134 Å². The van der Waals surface area contributed by atoms with Crippen molar-refractivity contribution in [3.05, 3.63) is 23.8 Å². The van der Waals surface area contributed by atoms with Crippen molar-refractivity contribution >= 4 is 5.78 Å². The fourth-order valence-corrected chi connectivity index (χ4v) is 2.99. The number of ether oxygens (including phenoxy) is 2. The van der Waals surface area contributed by atoms with Gasteiger partial charge in [0, 0.05) is 5.92 Å². The van der Waals surface area contributed by atoms with Gasteiger partial charge in [0.1, 0.15) is 11.5 Å². The van der Waals surface area contributed by atoms with Crippen molar-refractivity contribution in [1.82, 2.24) is 0 Å². The summed E-state index contributed by atoms with van der Waals surface area (Å²) in [6.07, 6.45) is 5.68. The summed E-state index contributed by atoms with van der Waals surface area (Å²) in [5.74, 6) is 1.77. The smallest absolute Gasteiger partial charge is 0.169 e. The van der Waals surface area contributed by atoms with E-state index in [2.05, 4.69) is 0 Å². The zero-order valence-corrected chi connectivity index (χ0v) is 14.2. The van der Waals surface area contributed by atoms with Gasteiger partial charge in [-0.25, -0.2) is 0 Å². The molecular formula is C19H28O3. The maximum absolute atomic E-state index is 12.9. The molecule has 1 aromatic rings. The molecule has 0 N–H and O–H groups in total. The van der Waals surface area contributed by atoms with Crippen LogP contribution in [0.15, 0.2) is 18.2 Å². The Morgan fingerprint density at radius 1 is 1.00 bits per heavy atom. The number of Topliss-reactive ketones (excluding diaryl/α,β-unsaturated/α-hetero) is 1. The minimum Gasteiger partial charge on any atom is -0.491 e. The summed E-state index contributed by atoms with van der Waals surface area (Å²) in [7, 11) is 0. The number of hydrogen-bond acceptors (Lipinski definition) is 3. The third-order valence-electron chi connectivity index (χ3n) is 3.93. The zero-order valence-electron chi connectivity index (χ0n) is 14.2. The van der Waals surface area contributed by atoms with Crippen LogP contribution in [0.1, 0.15) is 70.2 Å². The molecule has 0 bridgehead atoms. The number of carbonyl (C=O) groups excluding carboxylic acids is 1. The average molecular weight is 304 g/mol. The second kappa shape index (κ2) is 7.66. The van der Waals surface area contributed by atoms with Crippen LogP contribution in [0.3, 0.4) is 0 Å². The Balaban J connectivity index is 2.28. The van der Waals surface area contributed by atoms with Gasteiger partial charge >= 0.3 is 0 Å². The number of ketones is 1. The van der Waals surface area contributed by atoms with Crippen LogP contribution < -0.4 is 9.47 Å². The second-order valence-corrected chi connectivity index (χ2v) is 6.69. The van der Waals surface area contributed by atoms with Gasteiger partial charge in [-0.1, -0.05) is 19.3 Å². The summed E-state index contributed by atoms with van der Waals surface area (Å²) in [5, 5.41) is 0. The maximum Gasteiger partial charge on any atom is 0.169 e. The Bertz CT molecular complexity index is 499. The van der Waals surface area contributed by atoms with Gasteiger partial charge in [0.25, 0.3) is 0 Å². The third kappa shape index (κ3) is 4.49. The van der Waals surface area contributed by atoms with E-state index in [9.17, 15) is 4.79 Å². The molecule has 122 valence electrons. The summed E-state index contributed by atoms with van der Waals surface area (Å²) >= 11 is 0. The molecule has 1 saturated carbocycles. The number of benzene rings is 1. The van der Waals surface area contributed by atoms with Gasteiger partial charge < -0.3 is 9.47 Å². The summed E-state index contributed by atoms with van der Waals surface area (Å²) in [5.41, 5.74) is 0.679. The highest BCUT2D eigenvalue weighted by Crippen LogP contribution is 2.33. The van der Waals surface area contributed by atoms with Crippen molar-refractivity contribution in [3.63, 3.8) is 0 Å². The van der Waals surface area contributed by atoms with Crippen molar-refractivity contribution < 1.29 is 14.3 Å². The van der Waals surface area contributed by atoms with Crippen LogP contribution in [0.2, 0.25) is 0 Å². The lowest BCUT2D eigenvalue weighted by Gasteiger charge is -2.23. The van der Waals surface area contributed by atoms with Gasteiger partial charge in [-0.2, -0.15) is 0 Å². The molecule has 2 rings (SSSR count). The molecule has 22 heavy (non-hydrogen) atoms. The molecule has 3 nitrogen and oxygen atoms in total. The Morgan fingerprint density at radius 2 is 1.64 bits per heavy atom. The van der Waals surface area contributed by atoms with Crippen molar-refractivity contribution in [1.29, 1.82) is 0 Å². The minimum atomic E-state index is 0.0507. The summed E-state index contributed by atoms with van der Waals surface area (Å²) in [6.45, 7) is 7.93. The number of carbonyl (C=O) groups is 1. The fraction of sp³-hybridized carbons (Fsp3) is 0.632. The molecule has 1 fully saturated rings. The van der Waals surface area contributed by atoms with Crippen molar-refractivity contribution in [2.24, 2.45) is 5.92 Å². The lowest BCUT2D eigenvalue weighted by atomic mass is 9.83. The SMILES string of the molecule is CC(C)Oc1ccc(OC(C)C)c(C(=O)C2CCCCC2)c1. The topological polar surface area (TPSA) is 35.5 Å². The zero-order chi connectivity index (χ0) is 16.1. The Morgan fingerprint density at radius 3 is 2.23 bits per heavy atom. The third-order valence-corrected chi connectivity index (χ3v) is 3.93. The highest BCUT2D eigenvalue weighted by atomic mass is 16.5. The predicted molar refractivity (Wildman–Crippen MR) is 88.9 cm³/mol. The highest BCUT2D eigenvalue weighted by molar-refractivity contribution is 6.00. The first-order valence-electron chi connectivity index (χ1n) is 8.49. The van der Waals surface area contributed by atoms with Gasteiger partial charge in [0.05, 0.1) is 17.8 Å². The van der Waals surface area contributed by atoms with E-state index in [0.29, 0.717) is 11.3 Å². The van der Waals surface area contributed by atoms with E-state index in [1.165, 1.54) is 6.42 Å². The first-order chi connectivity index (χ1) is 10.5. The van der Waals surface area contributed by atoms with Gasteiger partial charge in [0.15, 0.2) is 5.78 Å². The van der Waals surface area contributed by atoms with Crippen LogP contribution in [0, 0.1) is 5.92 Å². The van der Waals surface area contributed by atoms with E-state index < -0.39 is 0 Å². The molecule has 0 atom stereocenters. The van der Waals surface area contributed by atoms with E-state index >= 15 is 0 Å². The molecule has 0 radical (unpaired) electrons. The van der Waals surface area contributed by atoms with Crippen LogP contribution in [0.25, 0.3) is 0 Å².